The van der Waals surface area contributed by atoms with E-state index in [0.717, 1.165) is 96.3 Å². The van der Waals surface area contributed by atoms with Crippen LogP contribution in [0.3, 0.4) is 0 Å². The molecule has 458 valence electrons. The van der Waals surface area contributed by atoms with Crippen LogP contribution < -0.4 is 0 Å². The Kier molecular flexibility index (Phi) is 64.7. The predicted molar refractivity (Wildman–Crippen MR) is 344 cm³/mol. The van der Waals surface area contributed by atoms with Crippen LogP contribution in [0, 0.1) is 0 Å². The number of hydrogen-bond acceptors (Lipinski definition) is 6. The first-order chi connectivity index (χ1) is 39.0. The van der Waals surface area contributed by atoms with Gasteiger partial charge in [-0.15, -0.1) is 0 Å². The first kappa shape index (κ1) is 75.8. The molecule has 0 aliphatic rings. The highest BCUT2D eigenvalue weighted by Crippen LogP contribution is 2.18. The maximum absolute atomic E-state index is 12.9. The summed E-state index contributed by atoms with van der Waals surface area (Å²) in [6, 6.07) is 0. The van der Waals surface area contributed by atoms with Crippen molar-refractivity contribution in [1.82, 2.24) is 0 Å². The highest BCUT2D eigenvalue weighted by Gasteiger charge is 2.19. The Bertz CT molecular complexity index is 1450. The molecule has 0 saturated carbocycles. The van der Waals surface area contributed by atoms with Crippen LogP contribution in [-0.4, -0.2) is 37.2 Å². The first-order valence-corrected chi connectivity index (χ1v) is 34.4. The van der Waals surface area contributed by atoms with E-state index in [0.29, 0.717) is 19.3 Å². The highest BCUT2D eigenvalue weighted by atomic mass is 16.6. The van der Waals surface area contributed by atoms with E-state index in [-0.39, 0.29) is 31.1 Å². The lowest BCUT2D eigenvalue weighted by atomic mass is 10.0. The largest absolute Gasteiger partial charge is 0.462 e. The molecule has 0 fully saturated rings. The third kappa shape index (κ3) is 65.5. The second-order valence-corrected chi connectivity index (χ2v) is 23.1. The van der Waals surface area contributed by atoms with Crippen molar-refractivity contribution >= 4 is 17.9 Å². The van der Waals surface area contributed by atoms with Crippen molar-refractivity contribution in [3.05, 3.63) is 72.9 Å². The van der Waals surface area contributed by atoms with Crippen LogP contribution >= 0.6 is 0 Å². The molecule has 0 saturated heterocycles. The molecule has 0 bridgehead atoms. The Labute approximate surface area is 491 Å². The number of esters is 3. The standard InChI is InChI=1S/C73H130O6/c1-4-7-10-13-16-19-22-25-27-29-31-33-35-36-37-38-39-41-42-44-46-48-51-54-57-60-63-66-72(75)78-69-70(68-77-71(74)65-62-59-56-53-50-24-21-18-15-12-9-6-3)79-73(76)67-64-61-58-55-52-49-47-45-43-40-34-32-30-28-26-23-20-17-14-11-8-5-2/h7,10,16,18-19,21,25,27,31,33,36-37,70H,4-6,8-9,11-15,17,20,22-24,26,28-30,32,34-35,38-69H2,1-3H3/b10-7-,19-16-,21-18-,27-25-,33-31-,37-36-. The van der Waals surface area contributed by atoms with E-state index in [9.17, 15) is 14.4 Å². The Morgan fingerprint density at radius 3 is 0.810 bits per heavy atom. The van der Waals surface area contributed by atoms with E-state index in [1.165, 1.54) is 218 Å². The van der Waals surface area contributed by atoms with Gasteiger partial charge in [-0.05, 0) is 89.9 Å². The molecule has 0 amide bonds. The minimum Gasteiger partial charge on any atom is -0.462 e. The van der Waals surface area contributed by atoms with E-state index in [1.807, 2.05) is 0 Å². The van der Waals surface area contributed by atoms with Gasteiger partial charge in [-0.25, -0.2) is 0 Å². The molecule has 6 heteroatoms. The second kappa shape index (κ2) is 67.4. The van der Waals surface area contributed by atoms with Crippen LogP contribution in [-0.2, 0) is 28.6 Å². The van der Waals surface area contributed by atoms with Crippen LogP contribution in [0.15, 0.2) is 72.9 Å². The number of rotatable bonds is 63. The number of ether oxygens (including phenoxy) is 3. The molecule has 0 spiro atoms. The average Bonchev–Trinajstić information content (AvgIpc) is 3.45. The highest BCUT2D eigenvalue weighted by molar-refractivity contribution is 5.71. The number of carbonyl (C=O) groups excluding carboxylic acids is 3. The van der Waals surface area contributed by atoms with Gasteiger partial charge in [-0.2, -0.15) is 0 Å². The van der Waals surface area contributed by atoms with Gasteiger partial charge in [-0.3, -0.25) is 14.4 Å². The lowest BCUT2D eigenvalue weighted by Gasteiger charge is -2.18. The molecule has 1 unspecified atom stereocenters. The van der Waals surface area contributed by atoms with Crippen LogP contribution in [0.2, 0.25) is 0 Å². The minimum absolute atomic E-state index is 0.0758. The molecule has 0 aliphatic heterocycles. The van der Waals surface area contributed by atoms with Crippen LogP contribution in [0.25, 0.3) is 0 Å². The topological polar surface area (TPSA) is 78.9 Å². The summed E-state index contributed by atoms with van der Waals surface area (Å²) in [7, 11) is 0. The zero-order valence-corrected chi connectivity index (χ0v) is 52.6. The summed E-state index contributed by atoms with van der Waals surface area (Å²) >= 11 is 0. The Hall–Kier alpha value is -3.15. The maximum Gasteiger partial charge on any atom is 0.306 e. The summed E-state index contributed by atoms with van der Waals surface area (Å²) in [5.41, 5.74) is 0. The summed E-state index contributed by atoms with van der Waals surface area (Å²) in [6.07, 6.45) is 87.8. The Morgan fingerprint density at radius 1 is 0.266 bits per heavy atom. The second-order valence-electron chi connectivity index (χ2n) is 23.1. The number of carbonyl (C=O) groups is 3. The normalized spacial score (nSPS) is 12.5. The van der Waals surface area contributed by atoms with Crippen molar-refractivity contribution in [3.8, 4) is 0 Å². The average molecular weight is 1100 g/mol. The molecule has 79 heavy (non-hydrogen) atoms. The molecule has 0 aromatic carbocycles. The minimum atomic E-state index is -0.779. The van der Waals surface area contributed by atoms with Gasteiger partial charge in [0.2, 0.25) is 0 Å². The van der Waals surface area contributed by atoms with E-state index in [2.05, 4.69) is 93.7 Å². The molecule has 1 atom stereocenters. The van der Waals surface area contributed by atoms with Crippen molar-refractivity contribution < 1.29 is 28.6 Å². The zero-order chi connectivity index (χ0) is 57.1. The quantitative estimate of drug-likeness (QED) is 0.0261. The van der Waals surface area contributed by atoms with Crippen molar-refractivity contribution in [2.45, 2.75) is 361 Å². The molecule has 6 nitrogen and oxygen atoms in total. The molecule has 0 heterocycles. The number of unbranched alkanes of at least 4 members (excludes halogenated alkanes) is 40. The SMILES string of the molecule is CC/C=C\C/C=C\C/C=C\C/C=C\C/C=C\CCCCCCCCCCCCCC(=O)OCC(COC(=O)CCCCCCC/C=C\CCCCC)OC(=O)CCCCCCCCCCCCCCCCCCCCCCCC. The van der Waals surface area contributed by atoms with Gasteiger partial charge in [-0.1, -0.05) is 318 Å². The molecule has 0 N–H and O–H groups in total. The number of hydrogen-bond donors (Lipinski definition) is 0. The molecular weight excluding hydrogens is 973 g/mol. The summed E-state index contributed by atoms with van der Waals surface area (Å²) < 4.78 is 17.0. The fraction of sp³-hybridized carbons (Fsp3) is 0.795. The summed E-state index contributed by atoms with van der Waals surface area (Å²) in [5, 5.41) is 0. The van der Waals surface area contributed by atoms with Crippen molar-refractivity contribution in [1.29, 1.82) is 0 Å². The van der Waals surface area contributed by atoms with E-state index in [4.69, 9.17) is 14.2 Å². The van der Waals surface area contributed by atoms with Crippen molar-refractivity contribution in [2.24, 2.45) is 0 Å². The fourth-order valence-corrected chi connectivity index (χ4v) is 10.1. The molecule has 0 aromatic rings. The van der Waals surface area contributed by atoms with Crippen LogP contribution in [0.1, 0.15) is 355 Å². The van der Waals surface area contributed by atoms with Gasteiger partial charge in [0.25, 0.3) is 0 Å². The van der Waals surface area contributed by atoms with Gasteiger partial charge in [0.05, 0.1) is 0 Å². The lowest BCUT2D eigenvalue weighted by molar-refractivity contribution is -0.167. The molecular formula is C73H130O6. The maximum atomic E-state index is 12.9. The Balaban J connectivity index is 4.24. The van der Waals surface area contributed by atoms with Gasteiger partial charge in [0, 0.05) is 19.3 Å². The van der Waals surface area contributed by atoms with Crippen LogP contribution in [0.5, 0.6) is 0 Å². The summed E-state index contributed by atoms with van der Waals surface area (Å²) in [5.74, 6) is -0.867. The van der Waals surface area contributed by atoms with Crippen molar-refractivity contribution in [2.75, 3.05) is 13.2 Å². The fourth-order valence-electron chi connectivity index (χ4n) is 10.1. The van der Waals surface area contributed by atoms with Gasteiger partial charge >= 0.3 is 17.9 Å². The van der Waals surface area contributed by atoms with Crippen molar-refractivity contribution in [3.63, 3.8) is 0 Å². The van der Waals surface area contributed by atoms with Gasteiger partial charge in [0.15, 0.2) is 6.10 Å². The predicted octanol–water partition coefficient (Wildman–Crippen LogP) is 23.7. The van der Waals surface area contributed by atoms with Crippen LogP contribution in [0.4, 0.5) is 0 Å². The van der Waals surface area contributed by atoms with E-state index in [1.54, 1.807) is 0 Å². The van der Waals surface area contributed by atoms with E-state index < -0.39 is 6.10 Å². The van der Waals surface area contributed by atoms with Gasteiger partial charge in [0.1, 0.15) is 13.2 Å². The molecule has 0 aliphatic carbocycles. The third-order valence-electron chi connectivity index (χ3n) is 15.2. The smallest absolute Gasteiger partial charge is 0.306 e. The summed E-state index contributed by atoms with van der Waals surface area (Å²) in [6.45, 7) is 6.55. The summed E-state index contributed by atoms with van der Waals surface area (Å²) in [4.78, 5) is 38.4. The molecule has 0 rings (SSSR count). The van der Waals surface area contributed by atoms with E-state index >= 15 is 0 Å². The molecule has 0 radical (unpaired) electrons. The monoisotopic (exact) mass is 1100 g/mol. The number of allylic oxidation sites excluding steroid dienone is 12. The Morgan fingerprint density at radius 2 is 0.494 bits per heavy atom. The zero-order valence-electron chi connectivity index (χ0n) is 52.6. The van der Waals surface area contributed by atoms with Gasteiger partial charge < -0.3 is 14.2 Å². The third-order valence-corrected chi connectivity index (χ3v) is 15.2. The lowest BCUT2D eigenvalue weighted by Crippen LogP contribution is -2.30. The molecule has 0 aromatic heterocycles. The first-order valence-electron chi connectivity index (χ1n) is 34.4.